The minimum Gasteiger partial charge on any atom is -0.506 e. The molecule has 0 fully saturated rings. The van der Waals surface area contributed by atoms with Gasteiger partial charge >= 0.3 is 0 Å². The lowest BCUT2D eigenvalue weighted by atomic mass is 10.2. The van der Waals surface area contributed by atoms with Crippen LogP contribution >= 0.6 is 11.3 Å². The van der Waals surface area contributed by atoms with Gasteiger partial charge in [0, 0.05) is 16.0 Å². The summed E-state index contributed by atoms with van der Waals surface area (Å²) in [6, 6.07) is 9.48. The summed E-state index contributed by atoms with van der Waals surface area (Å²) >= 11 is 1.69. The van der Waals surface area contributed by atoms with E-state index < -0.39 is 0 Å². The zero-order chi connectivity index (χ0) is 11.5. The normalized spacial score (nSPS) is 11.1. The van der Waals surface area contributed by atoms with E-state index in [2.05, 4.69) is 18.0 Å². The summed E-state index contributed by atoms with van der Waals surface area (Å²) in [5.74, 6) is 0.218. The van der Waals surface area contributed by atoms with Crippen molar-refractivity contribution in [2.75, 3.05) is 0 Å². The molecule has 0 unspecified atom stereocenters. The van der Waals surface area contributed by atoms with Gasteiger partial charge in [0.15, 0.2) is 0 Å². The van der Waals surface area contributed by atoms with E-state index in [0.717, 1.165) is 10.4 Å². The standard InChI is InChI=1S/C13H13NOS/c1-9-3-6-13(15)12(7-9)14-8-11-5-4-10(2)16-11/h3-8,15H,1-2H3. The van der Waals surface area contributed by atoms with Crippen molar-refractivity contribution in [3.8, 4) is 5.75 Å². The monoisotopic (exact) mass is 231 g/mol. The summed E-state index contributed by atoms with van der Waals surface area (Å²) in [5, 5.41) is 9.61. The molecular formula is C13H13NOS. The Morgan fingerprint density at radius 3 is 2.69 bits per heavy atom. The van der Waals surface area contributed by atoms with Gasteiger partial charge in [-0.15, -0.1) is 11.3 Å². The summed E-state index contributed by atoms with van der Waals surface area (Å²) in [6.07, 6.45) is 1.78. The molecular weight excluding hydrogens is 218 g/mol. The van der Waals surface area contributed by atoms with Crippen LogP contribution in [-0.2, 0) is 0 Å². The van der Waals surface area contributed by atoms with Crippen molar-refractivity contribution in [3.63, 3.8) is 0 Å². The molecule has 0 saturated heterocycles. The fourth-order valence-corrected chi connectivity index (χ4v) is 2.14. The second-order valence-electron chi connectivity index (χ2n) is 3.70. The van der Waals surface area contributed by atoms with Crippen molar-refractivity contribution < 1.29 is 5.11 Å². The third kappa shape index (κ3) is 2.49. The third-order valence-electron chi connectivity index (χ3n) is 2.22. The molecule has 0 saturated carbocycles. The van der Waals surface area contributed by atoms with Crippen LogP contribution in [-0.4, -0.2) is 11.3 Å². The van der Waals surface area contributed by atoms with Crippen molar-refractivity contribution in [1.82, 2.24) is 0 Å². The maximum absolute atomic E-state index is 9.61. The molecule has 0 amide bonds. The van der Waals surface area contributed by atoms with Crippen LogP contribution in [0.15, 0.2) is 35.3 Å². The van der Waals surface area contributed by atoms with Gasteiger partial charge in [-0.2, -0.15) is 0 Å². The first-order valence-electron chi connectivity index (χ1n) is 5.05. The van der Waals surface area contributed by atoms with E-state index in [1.54, 1.807) is 23.6 Å². The highest BCUT2D eigenvalue weighted by Gasteiger charge is 1.98. The number of benzene rings is 1. The van der Waals surface area contributed by atoms with Crippen molar-refractivity contribution in [2.45, 2.75) is 13.8 Å². The molecule has 1 aromatic carbocycles. The lowest BCUT2D eigenvalue weighted by molar-refractivity contribution is 0.477. The average Bonchev–Trinajstić information content (AvgIpc) is 2.66. The molecule has 2 aromatic rings. The Hall–Kier alpha value is -1.61. The molecule has 1 heterocycles. The Balaban J connectivity index is 2.26. The zero-order valence-corrected chi connectivity index (χ0v) is 10.1. The second kappa shape index (κ2) is 4.49. The number of phenolic OH excluding ortho intramolecular Hbond substituents is 1. The number of aryl methyl sites for hydroxylation is 2. The van der Waals surface area contributed by atoms with Gasteiger partial charge in [0.1, 0.15) is 11.4 Å². The molecule has 0 bridgehead atoms. The summed E-state index contributed by atoms with van der Waals surface area (Å²) < 4.78 is 0. The van der Waals surface area contributed by atoms with Crippen molar-refractivity contribution in [3.05, 3.63) is 45.6 Å². The molecule has 82 valence electrons. The van der Waals surface area contributed by atoms with Gasteiger partial charge in [0.2, 0.25) is 0 Å². The molecule has 0 aliphatic carbocycles. The topological polar surface area (TPSA) is 32.6 Å². The first kappa shape index (κ1) is 10.9. The number of aliphatic imine (C=N–C) groups is 1. The number of rotatable bonds is 2. The highest BCUT2D eigenvalue weighted by Crippen LogP contribution is 2.27. The molecule has 1 aromatic heterocycles. The van der Waals surface area contributed by atoms with E-state index in [4.69, 9.17) is 0 Å². The van der Waals surface area contributed by atoms with Crippen molar-refractivity contribution in [1.29, 1.82) is 0 Å². The molecule has 1 N–H and O–H groups in total. The van der Waals surface area contributed by atoms with Crippen LogP contribution in [0.4, 0.5) is 5.69 Å². The Bertz CT molecular complexity index is 528. The number of thiophene rings is 1. The van der Waals surface area contributed by atoms with Crippen LogP contribution in [0.5, 0.6) is 5.75 Å². The summed E-state index contributed by atoms with van der Waals surface area (Å²) in [5.41, 5.74) is 1.71. The Morgan fingerprint density at radius 1 is 1.19 bits per heavy atom. The van der Waals surface area contributed by atoms with Gasteiger partial charge in [-0.1, -0.05) is 6.07 Å². The summed E-state index contributed by atoms with van der Waals surface area (Å²) in [7, 11) is 0. The summed E-state index contributed by atoms with van der Waals surface area (Å²) in [4.78, 5) is 6.64. The minimum absolute atomic E-state index is 0.218. The van der Waals surface area contributed by atoms with Gasteiger partial charge < -0.3 is 5.11 Å². The number of phenols is 1. The van der Waals surface area contributed by atoms with E-state index >= 15 is 0 Å². The summed E-state index contributed by atoms with van der Waals surface area (Å²) in [6.45, 7) is 4.04. The van der Waals surface area contributed by atoms with Gasteiger partial charge in [-0.05, 0) is 43.7 Å². The van der Waals surface area contributed by atoms with Crippen LogP contribution in [0.25, 0.3) is 0 Å². The van der Waals surface area contributed by atoms with Crippen LogP contribution < -0.4 is 0 Å². The van der Waals surface area contributed by atoms with Gasteiger partial charge in [-0.3, -0.25) is 4.99 Å². The molecule has 0 radical (unpaired) electrons. The number of hydrogen-bond donors (Lipinski definition) is 1. The largest absolute Gasteiger partial charge is 0.506 e. The molecule has 2 nitrogen and oxygen atoms in total. The van der Waals surface area contributed by atoms with E-state index in [0.29, 0.717) is 5.69 Å². The van der Waals surface area contributed by atoms with Crippen LogP contribution in [0.3, 0.4) is 0 Å². The first-order valence-corrected chi connectivity index (χ1v) is 5.87. The first-order chi connectivity index (χ1) is 7.65. The SMILES string of the molecule is Cc1ccc(O)c(N=Cc2ccc(C)s2)c1. The number of nitrogens with zero attached hydrogens (tertiary/aromatic N) is 1. The fourth-order valence-electron chi connectivity index (χ4n) is 1.39. The van der Waals surface area contributed by atoms with Crippen molar-refractivity contribution >= 4 is 23.2 Å². The quantitative estimate of drug-likeness (QED) is 0.783. The predicted octanol–water partition coefficient (Wildman–Crippen LogP) is 3.82. The van der Waals surface area contributed by atoms with E-state index in [9.17, 15) is 5.11 Å². The Morgan fingerprint density at radius 2 is 2.00 bits per heavy atom. The smallest absolute Gasteiger partial charge is 0.141 e. The van der Waals surface area contributed by atoms with Gasteiger partial charge in [0.05, 0.1) is 0 Å². The lowest BCUT2D eigenvalue weighted by Gasteiger charge is -1.99. The minimum atomic E-state index is 0.218. The highest BCUT2D eigenvalue weighted by molar-refractivity contribution is 7.13. The maximum Gasteiger partial charge on any atom is 0.141 e. The van der Waals surface area contributed by atoms with Crippen LogP contribution in [0, 0.1) is 13.8 Å². The highest BCUT2D eigenvalue weighted by atomic mass is 32.1. The maximum atomic E-state index is 9.61. The number of aromatic hydroxyl groups is 1. The van der Waals surface area contributed by atoms with E-state index in [1.807, 2.05) is 25.1 Å². The van der Waals surface area contributed by atoms with Gasteiger partial charge in [-0.25, -0.2) is 0 Å². The average molecular weight is 231 g/mol. The molecule has 0 aliphatic heterocycles. The van der Waals surface area contributed by atoms with E-state index in [1.165, 1.54) is 4.88 Å². The van der Waals surface area contributed by atoms with Gasteiger partial charge in [0.25, 0.3) is 0 Å². The molecule has 3 heteroatoms. The van der Waals surface area contributed by atoms with Crippen molar-refractivity contribution in [2.24, 2.45) is 4.99 Å². The zero-order valence-electron chi connectivity index (χ0n) is 9.27. The molecule has 2 rings (SSSR count). The number of hydrogen-bond acceptors (Lipinski definition) is 3. The Kier molecular flexibility index (Phi) is 3.06. The fraction of sp³-hybridized carbons (Fsp3) is 0.154. The molecule has 16 heavy (non-hydrogen) atoms. The molecule has 0 atom stereocenters. The lowest BCUT2D eigenvalue weighted by Crippen LogP contribution is -1.75. The second-order valence-corrected chi connectivity index (χ2v) is 5.02. The molecule has 0 aliphatic rings. The molecule has 0 spiro atoms. The predicted molar refractivity (Wildman–Crippen MR) is 69.2 cm³/mol. The van der Waals surface area contributed by atoms with Crippen LogP contribution in [0.2, 0.25) is 0 Å². The van der Waals surface area contributed by atoms with Crippen LogP contribution in [0.1, 0.15) is 15.3 Å². The Labute approximate surface area is 98.9 Å². The third-order valence-corrected chi connectivity index (χ3v) is 3.16. The van der Waals surface area contributed by atoms with E-state index in [-0.39, 0.29) is 5.75 Å².